The number of ketones is 1. The molecule has 4 heteroatoms. The monoisotopic (exact) mass is 262 g/mol. The van der Waals surface area contributed by atoms with Crippen LogP contribution in [0, 0.1) is 23.2 Å². The Balaban J connectivity index is 1.69. The van der Waals surface area contributed by atoms with Gasteiger partial charge in [0, 0.05) is 10.8 Å². The van der Waals surface area contributed by atoms with E-state index in [0.717, 1.165) is 37.0 Å². The van der Waals surface area contributed by atoms with Gasteiger partial charge in [0.05, 0.1) is 0 Å². The maximum absolute atomic E-state index is 12.8. The Morgan fingerprint density at radius 3 is 2.22 bits per heavy atom. The molecule has 96 valence electrons. The van der Waals surface area contributed by atoms with Crippen LogP contribution in [0.2, 0.25) is 0 Å². The van der Waals surface area contributed by atoms with Crippen molar-refractivity contribution in [1.29, 1.82) is 0 Å². The summed E-state index contributed by atoms with van der Waals surface area (Å²) in [7, 11) is 0. The zero-order chi connectivity index (χ0) is 12.3. The zero-order valence-electron chi connectivity index (χ0n) is 10.4. The molecule has 4 saturated carbocycles. The summed E-state index contributed by atoms with van der Waals surface area (Å²) in [5.74, 6) is 2.69. The molecule has 4 aliphatic rings. The highest BCUT2D eigenvalue weighted by Gasteiger charge is 2.54. The van der Waals surface area contributed by atoms with E-state index in [9.17, 15) is 4.79 Å². The van der Waals surface area contributed by atoms with Crippen LogP contribution in [0.5, 0.6) is 0 Å². The molecule has 0 spiro atoms. The second kappa shape index (κ2) is 3.56. The van der Waals surface area contributed by atoms with Gasteiger partial charge < -0.3 is 5.73 Å². The van der Waals surface area contributed by atoms with Gasteiger partial charge in [0.25, 0.3) is 0 Å². The molecule has 5 rings (SSSR count). The standard InChI is InChI=1S/C14H18N2OS/c15-13-16-11(7-18-13)12(17)14-4-8-1-9(5-14)3-10(2-8)6-14/h7-10H,1-6H2,(H2,15,16). The molecule has 0 aromatic carbocycles. The number of carbonyl (C=O) groups is 1. The molecular weight excluding hydrogens is 244 g/mol. The molecular formula is C14H18N2OS. The van der Waals surface area contributed by atoms with E-state index >= 15 is 0 Å². The van der Waals surface area contributed by atoms with Gasteiger partial charge in [-0.15, -0.1) is 11.3 Å². The second-order valence-electron chi connectivity index (χ2n) is 6.60. The first-order valence-electron chi connectivity index (χ1n) is 6.90. The van der Waals surface area contributed by atoms with Crippen LogP contribution >= 0.6 is 11.3 Å². The van der Waals surface area contributed by atoms with Crippen molar-refractivity contribution in [3.8, 4) is 0 Å². The summed E-state index contributed by atoms with van der Waals surface area (Å²) in [6.07, 6.45) is 7.42. The highest BCUT2D eigenvalue weighted by atomic mass is 32.1. The van der Waals surface area contributed by atoms with Crippen molar-refractivity contribution in [1.82, 2.24) is 4.98 Å². The maximum Gasteiger partial charge on any atom is 0.188 e. The van der Waals surface area contributed by atoms with Crippen LogP contribution in [0.3, 0.4) is 0 Å². The first-order valence-corrected chi connectivity index (χ1v) is 7.78. The fourth-order valence-corrected chi connectivity index (χ4v) is 5.60. The van der Waals surface area contributed by atoms with Crippen LogP contribution in [-0.4, -0.2) is 10.8 Å². The highest BCUT2D eigenvalue weighted by molar-refractivity contribution is 7.13. The summed E-state index contributed by atoms with van der Waals surface area (Å²) in [6.45, 7) is 0. The van der Waals surface area contributed by atoms with E-state index < -0.39 is 0 Å². The third-order valence-corrected chi connectivity index (χ3v) is 5.95. The van der Waals surface area contributed by atoms with Gasteiger partial charge in [-0.3, -0.25) is 4.79 Å². The molecule has 4 bridgehead atoms. The molecule has 1 aromatic heterocycles. The van der Waals surface area contributed by atoms with Gasteiger partial charge in [0.2, 0.25) is 0 Å². The third kappa shape index (κ3) is 1.48. The van der Waals surface area contributed by atoms with Gasteiger partial charge in [0.1, 0.15) is 5.69 Å². The summed E-state index contributed by atoms with van der Waals surface area (Å²) >= 11 is 1.38. The Labute approximate surface area is 111 Å². The second-order valence-corrected chi connectivity index (χ2v) is 7.49. The van der Waals surface area contributed by atoms with E-state index in [1.807, 2.05) is 5.38 Å². The smallest absolute Gasteiger partial charge is 0.188 e. The van der Waals surface area contributed by atoms with E-state index in [4.69, 9.17) is 5.73 Å². The average Bonchev–Trinajstić information content (AvgIpc) is 2.73. The Bertz CT molecular complexity index is 472. The van der Waals surface area contributed by atoms with E-state index in [-0.39, 0.29) is 11.2 Å². The largest absolute Gasteiger partial charge is 0.375 e. The van der Waals surface area contributed by atoms with Crippen LogP contribution in [0.1, 0.15) is 49.0 Å². The number of carbonyl (C=O) groups excluding carboxylic acids is 1. The minimum Gasteiger partial charge on any atom is -0.375 e. The fourth-order valence-electron chi connectivity index (χ4n) is 5.05. The molecule has 4 fully saturated rings. The molecule has 0 saturated heterocycles. The Morgan fingerprint density at radius 1 is 1.22 bits per heavy atom. The topological polar surface area (TPSA) is 56.0 Å². The summed E-state index contributed by atoms with van der Waals surface area (Å²) in [6, 6.07) is 0. The van der Waals surface area contributed by atoms with Gasteiger partial charge in [-0.2, -0.15) is 0 Å². The molecule has 0 aliphatic heterocycles. The number of nitrogen functional groups attached to an aromatic ring is 1. The van der Waals surface area contributed by atoms with Gasteiger partial charge in [0.15, 0.2) is 10.9 Å². The normalized spacial score (nSPS) is 41.2. The van der Waals surface area contributed by atoms with Crippen LogP contribution in [-0.2, 0) is 0 Å². The number of anilines is 1. The van der Waals surface area contributed by atoms with Gasteiger partial charge in [-0.25, -0.2) is 4.98 Å². The summed E-state index contributed by atoms with van der Waals surface area (Å²) < 4.78 is 0. The fraction of sp³-hybridized carbons (Fsp3) is 0.714. The van der Waals surface area contributed by atoms with Crippen molar-refractivity contribution in [3.05, 3.63) is 11.1 Å². The predicted molar refractivity (Wildman–Crippen MR) is 71.5 cm³/mol. The lowest BCUT2D eigenvalue weighted by molar-refractivity contribution is -0.0355. The maximum atomic E-state index is 12.8. The Morgan fingerprint density at radius 2 is 1.78 bits per heavy atom. The number of Topliss-reactive ketones (excluding diaryl/α,β-unsaturated/α-hetero) is 1. The molecule has 0 radical (unpaired) electrons. The molecule has 4 aliphatic carbocycles. The lowest BCUT2D eigenvalue weighted by atomic mass is 9.48. The molecule has 1 heterocycles. The summed E-state index contributed by atoms with van der Waals surface area (Å²) in [5.41, 5.74) is 6.21. The third-order valence-electron chi connectivity index (χ3n) is 5.27. The minimum atomic E-state index is -0.0741. The van der Waals surface area contributed by atoms with Crippen molar-refractivity contribution >= 4 is 22.3 Å². The molecule has 0 atom stereocenters. The van der Waals surface area contributed by atoms with Crippen LogP contribution in [0.15, 0.2) is 5.38 Å². The quantitative estimate of drug-likeness (QED) is 0.833. The van der Waals surface area contributed by atoms with Crippen molar-refractivity contribution in [2.75, 3.05) is 5.73 Å². The van der Waals surface area contributed by atoms with Crippen LogP contribution in [0.25, 0.3) is 0 Å². The highest BCUT2D eigenvalue weighted by Crippen LogP contribution is 2.60. The molecule has 2 N–H and O–H groups in total. The Hall–Kier alpha value is -0.900. The average molecular weight is 262 g/mol. The number of aromatic nitrogens is 1. The van der Waals surface area contributed by atoms with Gasteiger partial charge in [-0.1, -0.05) is 0 Å². The van der Waals surface area contributed by atoms with Crippen LogP contribution < -0.4 is 5.73 Å². The number of hydrogen-bond donors (Lipinski definition) is 1. The predicted octanol–water partition coefficient (Wildman–Crippen LogP) is 3.12. The number of rotatable bonds is 2. The summed E-state index contributed by atoms with van der Waals surface area (Å²) in [4.78, 5) is 17.0. The number of nitrogens with two attached hydrogens (primary N) is 1. The van der Waals surface area contributed by atoms with Gasteiger partial charge >= 0.3 is 0 Å². The zero-order valence-corrected chi connectivity index (χ0v) is 11.2. The number of thiazole rings is 1. The van der Waals surface area contributed by atoms with E-state index in [0.29, 0.717) is 10.8 Å². The Kier molecular flexibility index (Phi) is 2.17. The van der Waals surface area contributed by atoms with E-state index in [2.05, 4.69) is 4.98 Å². The molecule has 0 unspecified atom stereocenters. The van der Waals surface area contributed by atoms with E-state index in [1.165, 1.54) is 30.6 Å². The molecule has 18 heavy (non-hydrogen) atoms. The molecule has 1 aromatic rings. The lowest BCUT2D eigenvalue weighted by Crippen LogP contribution is -2.50. The molecule has 0 amide bonds. The van der Waals surface area contributed by atoms with Crippen molar-refractivity contribution in [3.63, 3.8) is 0 Å². The molecule has 3 nitrogen and oxygen atoms in total. The number of nitrogens with zero attached hydrogens (tertiary/aromatic N) is 1. The van der Waals surface area contributed by atoms with Crippen molar-refractivity contribution in [2.24, 2.45) is 23.2 Å². The number of hydrogen-bond acceptors (Lipinski definition) is 4. The first-order chi connectivity index (χ1) is 8.64. The van der Waals surface area contributed by atoms with Crippen molar-refractivity contribution in [2.45, 2.75) is 38.5 Å². The van der Waals surface area contributed by atoms with Gasteiger partial charge in [-0.05, 0) is 56.3 Å². The van der Waals surface area contributed by atoms with Crippen LogP contribution in [0.4, 0.5) is 5.13 Å². The SMILES string of the molecule is Nc1nc(C(=O)C23CC4CC(CC(C4)C2)C3)cs1. The summed E-state index contributed by atoms with van der Waals surface area (Å²) in [5, 5.41) is 2.36. The first kappa shape index (κ1) is 11.0. The lowest BCUT2D eigenvalue weighted by Gasteiger charge is -2.55. The van der Waals surface area contributed by atoms with Crippen molar-refractivity contribution < 1.29 is 4.79 Å². The minimum absolute atomic E-state index is 0.0741. The van der Waals surface area contributed by atoms with E-state index in [1.54, 1.807) is 0 Å².